The number of fused-ring (bicyclic) bond motifs is 1. The Morgan fingerprint density at radius 2 is 1.77 bits per heavy atom. The highest BCUT2D eigenvalue weighted by molar-refractivity contribution is 6.43. The fourth-order valence-electron chi connectivity index (χ4n) is 3.37. The average molecular weight is 455 g/mol. The van der Waals surface area contributed by atoms with Crippen LogP contribution in [0.25, 0.3) is 16.8 Å². The molecule has 0 atom stereocenters. The summed E-state index contributed by atoms with van der Waals surface area (Å²) < 4.78 is 5.72. The van der Waals surface area contributed by atoms with Crippen LogP contribution < -0.4 is 15.0 Å². The van der Waals surface area contributed by atoms with Gasteiger partial charge in [-0.1, -0.05) is 53.5 Å². The second kappa shape index (κ2) is 8.41. The number of hydrogen-bond donors (Lipinski definition) is 1. The zero-order chi connectivity index (χ0) is 22.1. The molecule has 0 spiro atoms. The molecular weight excluding hydrogens is 439 g/mol. The first-order valence-electron chi connectivity index (χ1n) is 9.41. The van der Waals surface area contributed by atoms with Gasteiger partial charge in [0.05, 0.1) is 22.3 Å². The third kappa shape index (κ3) is 3.87. The topological polar surface area (TPSA) is 75.7 Å². The molecule has 3 aromatic rings. The van der Waals surface area contributed by atoms with E-state index in [0.717, 1.165) is 15.7 Å². The monoisotopic (exact) mass is 454 g/mol. The van der Waals surface area contributed by atoms with Gasteiger partial charge in [0, 0.05) is 5.56 Å². The van der Waals surface area contributed by atoms with Crippen LogP contribution in [0, 0.1) is 0 Å². The van der Waals surface area contributed by atoms with Crippen molar-refractivity contribution >= 4 is 63.6 Å². The average Bonchev–Trinajstić information content (AvgIpc) is 2.74. The number of amides is 4. The quantitative estimate of drug-likeness (QED) is 0.433. The number of hydrogen-bond acceptors (Lipinski definition) is 4. The van der Waals surface area contributed by atoms with Crippen LogP contribution in [0.2, 0.25) is 10.0 Å². The number of nitrogens with one attached hydrogen (secondary N) is 1. The molecule has 1 aliphatic rings. The maximum absolute atomic E-state index is 13.2. The molecule has 4 rings (SSSR count). The summed E-state index contributed by atoms with van der Waals surface area (Å²) >= 11 is 12.0. The highest BCUT2D eigenvalue weighted by atomic mass is 35.5. The fourth-order valence-corrected chi connectivity index (χ4v) is 3.66. The Balaban J connectivity index is 1.86. The Kier molecular flexibility index (Phi) is 5.67. The molecule has 1 saturated heterocycles. The van der Waals surface area contributed by atoms with Crippen molar-refractivity contribution in [3.05, 3.63) is 75.8 Å². The van der Waals surface area contributed by atoms with Crippen LogP contribution in [0.3, 0.4) is 0 Å². The molecule has 0 unspecified atom stereocenters. The van der Waals surface area contributed by atoms with Crippen LogP contribution >= 0.6 is 23.2 Å². The molecule has 0 aliphatic carbocycles. The second-order valence-electron chi connectivity index (χ2n) is 6.69. The van der Waals surface area contributed by atoms with Crippen molar-refractivity contribution in [2.45, 2.75) is 6.92 Å². The first kappa shape index (κ1) is 20.9. The number of halogens is 2. The number of benzene rings is 3. The van der Waals surface area contributed by atoms with Crippen LogP contribution in [0.5, 0.6) is 5.75 Å². The smallest absolute Gasteiger partial charge is 0.335 e. The predicted molar refractivity (Wildman–Crippen MR) is 121 cm³/mol. The number of carbonyl (C=O) groups is 3. The van der Waals surface area contributed by atoms with E-state index in [1.807, 2.05) is 37.3 Å². The Hall–Kier alpha value is -3.35. The highest BCUT2D eigenvalue weighted by Crippen LogP contribution is 2.33. The fraction of sp³-hybridized carbons (Fsp3) is 0.0870. The van der Waals surface area contributed by atoms with Crippen molar-refractivity contribution in [2.75, 3.05) is 11.5 Å². The van der Waals surface area contributed by atoms with E-state index >= 15 is 0 Å². The van der Waals surface area contributed by atoms with E-state index in [1.165, 1.54) is 24.3 Å². The molecule has 1 heterocycles. The summed E-state index contributed by atoms with van der Waals surface area (Å²) in [6.07, 6.45) is 1.45. The Morgan fingerprint density at radius 1 is 1.00 bits per heavy atom. The molecule has 8 heteroatoms. The number of anilines is 1. The number of imide groups is 2. The van der Waals surface area contributed by atoms with E-state index in [2.05, 4.69) is 5.32 Å². The number of carbonyl (C=O) groups excluding carboxylic acids is 3. The van der Waals surface area contributed by atoms with Crippen LogP contribution in [-0.4, -0.2) is 24.5 Å². The first-order chi connectivity index (χ1) is 14.9. The Morgan fingerprint density at radius 3 is 2.52 bits per heavy atom. The normalized spacial score (nSPS) is 15.5. The van der Waals surface area contributed by atoms with Gasteiger partial charge >= 0.3 is 6.03 Å². The maximum atomic E-state index is 13.2. The van der Waals surface area contributed by atoms with Crippen molar-refractivity contribution in [1.82, 2.24) is 5.32 Å². The van der Waals surface area contributed by atoms with Crippen LogP contribution in [0.15, 0.2) is 60.2 Å². The summed E-state index contributed by atoms with van der Waals surface area (Å²) in [4.78, 5) is 39.1. The highest BCUT2D eigenvalue weighted by Gasteiger charge is 2.37. The SMILES string of the molecule is CCOc1ccc2ccccc2c1/C=C1\C(=O)NC(=O)N(c2ccc(Cl)c(Cl)c2)C1=O. The molecule has 1 fully saturated rings. The molecule has 31 heavy (non-hydrogen) atoms. The number of urea groups is 1. The molecule has 0 radical (unpaired) electrons. The summed E-state index contributed by atoms with van der Waals surface area (Å²) in [5.74, 6) is -1.04. The van der Waals surface area contributed by atoms with Gasteiger partial charge in [-0.25, -0.2) is 9.69 Å². The van der Waals surface area contributed by atoms with E-state index in [-0.39, 0.29) is 21.3 Å². The third-order valence-corrected chi connectivity index (χ3v) is 5.52. The summed E-state index contributed by atoms with van der Waals surface area (Å²) in [7, 11) is 0. The summed E-state index contributed by atoms with van der Waals surface area (Å²) in [6, 6.07) is 14.7. The van der Waals surface area contributed by atoms with Crippen molar-refractivity contribution in [1.29, 1.82) is 0 Å². The van der Waals surface area contributed by atoms with Gasteiger partial charge in [0.25, 0.3) is 11.8 Å². The molecule has 156 valence electrons. The van der Waals surface area contributed by atoms with Crippen molar-refractivity contribution in [3.8, 4) is 5.75 Å². The molecule has 3 aromatic carbocycles. The molecule has 1 N–H and O–H groups in total. The van der Waals surface area contributed by atoms with Gasteiger partial charge in [-0.05, 0) is 48.0 Å². The van der Waals surface area contributed by atoms with Crippen molar-refractivity contribution in [3.63, 3.8) is 0 Å². The molecule has 4 amide bonds. The lowest BCUT2D eigenvalue weighted by atomic mass is 9.99. The Labute approximate surface area is 188 Å². The molecule has 0 bridgehead atoms. The molecule has 6 nitrogen and oxygen atoms in total. The second-order valence-corrected chi connectivity index (χ2v) is 7.50. The zero-order valence-electron chi connectivity index (χ0n) is 16.3. The van der Waals surface area contributed by atoms with Gasteiger partial charge in [-0.2, -0.15) is 0 Å². The number of ether oxygens (including phenoxy) is 1. The molecule has 1 aliphatic heterocycles. The van der Waals surface area contributed by atoms with Crippen LogP contribution in [0.1, 0.15) is 12.5 Å². The summed E-state index contributed by atoms with van der Waals surface area (Å²) in [5.41, 5.74) is 0.558. The van der Waals surface area contributed by atoms with Gasteiger partial charge in [0.15, 0.2) is 0 Å². The lowest BCUT2D eigenvalue weighted by Gasteiger charge is -2.26. The van der Waals surface area contributed by atoms with Gasteiger partial charge < -0.3 is 4.74 Å². The minimum Gasteiger partial charge on any atom is -0.493 e. The van der Waals surface area contributed by atoms with Gasteiger partial charge in [0.1, 0.15) is 11.3 Å². The lowest BCUT2D eigenvalue weighted by Crippen LogP contribution is -2.54. The van der Waals surface area contributed by atoms with E-state index < -0.39 is 17.8 Å². The lowest BCUT2D eigenvalue weighted by molar-refractivity contribution is -0.122. The molecular formula is C23H16Cl2N2O4. The summed E-state index contributed by atoms with van der Waals surface area (Å²) in [5, 5.41) is 4.38. The third-order valence-electron chi connectivity index (χ3n) is 4.78. The van der Waals surface area contributed by atoms with E-state index in [0.29, 0.717) is 17.9 Å². The standard InChI is InChI=1S/C23H16Cl2N2O4/c1-2-31-20-10-7-13-5-3-4-6-15(13)16(20)12-17-21(28)26-23(30)27(22(17)29)14-8-9-18(24)19(25)11-14/h3-12H,2H2,1H3,(H,26,28,30)/b17-12+. The Bertz CT molecular complexity index is 1270. The van der Waals surface area contributed by atoms with Crippen LogP contribution in [-0.2, 0) is 9.59 Å². The number of rotatable bonds is 4. The minimum absolute atomic E-state index is 0.176. The summed E-state index contributed by atoms with van der Waals surface area (Å²) in [6.45, 7) is 2.25. The van der Waals surface area contributed by atoms with Crippen molar-refractivity contribution < 1.29 is 19.1 Å². The van der Waals surface area contributed by atoms with Crippen LogP contribution in [0.4, 0.5) is 10.5 Å². The largest absolute Gasteiger partial charge is 0.493 e. The zero-order valence-corrected chi connectivity index (χ0v) is 17.8. The first-order valence-corrected chi connectivity index (χ1v) is 10.2. The molecule has 0 saturated carbocycles. The van der Waals surface area contributed by atoms with E-state index in [4.69, 9.17) is 27.9 Å². The van der Waals surface area contributed by atoms with Gasteiger partial charge in [-0.3, -0.25) is 14.9 Å². The van der Waals surface area contributed by atoms with Gasteiger partial charge in [-0.15, -0.1) is 0 Å². The van der Waals surface area contributed by atoms with E-state index in [1.54, 1.807) is 6.07 Å². The van der Waals surface area contributed by atoms with Gasteiger partial charge in [0.2, 0.25) is 0 Å². The van der Waals surface area contributed by atoms with E-state index in [9.17, 15) is 14.4 Å². The molecule has 0 aromatic heterocycles. The van der Waals surface area contributed by atoms with Crippen molar-refractivity contribution in [2.24, 2.45) is 0 Å². The predicted octanol–water partition coefficient (Wildman–Crippen LogP) is 5.21. The maximum Gasteiger partial charge on any atom is 0.335 e. The minimum atomic E-state index is -0.867. The number of nitrogens with zero attached hydrogens (tertiary/aromatic N) is 1. The number of barbiturate groups is 1.